The number of likely N-dealkylation sites (N-methyl/N-ethyl adjacent to an activating group) is 1. The minimum Gasteiger partial charge on any atom is -0.476 e. The van der Waals surface area contributed by atoms with Gasteiger partial charge in [-0.3, -0.25) is 5.43 Å². The topological polar surface area (TPSA) is 76.3 Å². The highest BCUT2D eigenvalue weighted by Gasteiger charge is 2.03. The molecule has 1 rings (SSSR count). The maximum atomic E-state index is 5.58. The lowest BCUT2D eigenvalue weighted by Gasteiger charge is -2.17. The summed E-state index contributed by atoms with van der Waals surface area (Å²) in [4.78, 5) is 10.5. The average molecular weight is 239 g/mol. The first-order valence-corrected chi connectivity index (χ1v) is 5.87. The van der Waals surface area contributed by atoms with E-state index in [2.05, 4.69) is 34.1 Å². The molecule has 1 heterocycles. The van der Waals surface area contributed by atoms with Gasteiger partial charge in [-0.25, -0.2) is 10.8 Å². The first-order valence-electron chi connectivity index (χ1n) is 5.87. The second kappa shape index (κ2) is 7.03. The molecule has 6 nitrogen and oxygen atoms in total. The second-order valence-electron chi connectivity index (χ2n) is 3.69. The van der Waals surface area contributed by atoms with Crippen LogP contribution in [0.4, 0.5) is 5.95 Å². The molecule has 3 N–H and O–H groups in total. The number of nitrogens with one attached hydrogen (secondary N) is 1. The summed E-state index contributed by atoms with van der Waals surface area (Å²) in [5.41, 5.74) is 3.24. The standard InChI is InChI=1S/C11H21N5O/c1-4-16(5-2)6-7-17-10-8-9(3)13-11(14-10)15-12/h8H,4-7,12H2,1-3H3,(H,13,14,15). The maximum Gasteiger partial charge on any atom is 0.240 e. The zero-order valence-corrected chi connectivity index (χ0v) is 10.7. The molecule has 0 aliphatic rings. The number of ether oxygens (including phenoxy) is 1. The van der Waals surface area contributed by atoms with Crippen LogP contribution in [0.15, 0.2) is 6.07 Å². The summed E-state index contributed by atoms with van der Waals surface area (Å²) in [7, 11) is 0. The van der Waals surface area contributed by atoms with Gasteiger partial charge in [0, 0.05) is 18.3 Å². The molecule has 17 heavy (non-hydrogen) atoms. The lowest BCUT2D eigenvalue weighted by atomic mass is 10.4. The first kappa shape index (κ1) is 13.7. The summed E-state index contributed by atoms with van der Waals surface area (Å²) in [6.45, 7) is 9.70. The van der Waals surface area contributed by atoms with Crippen LogP contribution in [-0.2, 0) is 0 Å². The van der Waals surface area contributed by atoms with E-state index in [1.54, 1.807) is 6.07 Å². The van der Waals surface area contributed by atoms with Gasteiger partial charge >= 0.3 is 0 Å². The number of aryl methyl sites for hydroxylation is 1. The number of hydrazine groups is 1. The molecule has 0 fully saturated rings. The summed E-state index contributed by atoms with van der Waals surface area (Å²) < 4.78 is 5.58. The highest BCUT2D eigenvalue weighted by molar-refractivity contribution is 5.28. The van der Waals surface area contributed by atoms with E-state index in [-0.39, 0.29) is 0 Å². The maximum absolute atomic E-state index is 5.58. The number of nitrogen functional groups attached to an aromatic ring is 1. The monoisotopic (exact) mass is 239 g/mol. The van der Waals surface area contributed by atoms with E-state index < -0.39 is 0 Å². The molecule has 1 aromatic rings. The Kier molecular flexibility index (Phi) is 5.65. The van der Waals surface area contributed by atoms with Crippen LogP contribution in [0, 0.1) is 6.92 Å². The number of nitrogens with two attached hydrogens (primary N) is 1. The van der Waals surface area contributed by atoms with Crippen LogP contribution in [0.5, 0.6) is 5.88 Å². The Balaban J connectivity index is 2.48. The van der Waals surface area contributed by atoms with Crippen molar-refractivity contribution < 1.29 is 4.74 Å². The van der Waals surface area contributed by atoms with Crippen molar-refractivity contribution in [2.75, 3.05) is 31.7 Å². The van der Waals surface area contributed by atoms with E-state index in [4.69, 9.17) is 10.6 Å². The second-order valence-corrected chi connectivity index (χ2v) is 3.69. The Morgan fingerprint density at radius 2 is 2.06 bits per heavy atom. The van der Waals surface area contributed by atoms with E-state index in [0.29, 0.717) is 18.4 Å². The zero-order valence-electron chi connectivity index (χ0n) is 10.7. The first-order chi connectivity index (χ1) is 8.19. The molecule has 0 saturated heterocycles. The summed E-state index contributed by atoms with van der Waals surface area (Å²) in [5.74, 6) is 6.20. The molecule has 0 atom stereocenters. The molecule has 0 unspecified atom stereocenters. The summed E-state index contributed by atoms with van der Waals surface area (Å²) >= 11 is 0. The van der Waals surface area contributed by atoms with Crippen molar-refractivity contribution in [2.24, 2.45) is 5.84 Å². The largest absolute Gasteiger partial charge is 0.476 e. The molecule has 0 radical (unpaired) electrons. The Morgan fingerprint density at radius 3 is 2.65 bits per heavy atom. The molecule has 0 aliphatic carbocycles. The predicted octanol–water partition coefficient (Wildman–Crippen LogP) is 0.791. The number of rotatable bonds is 7. The Labute approximate surface area is 102 Å². The molecule has 0 saturated carbocycles. The number of nitrogens with zero attached hydrogens (tertiary/aromatic N) is 3. The molecule has 1 aromatic heterocycles. The van der Waals surface area contributed by atoms with E-state index in [9.17, 15) is 0 Å². The van der Waals surface area contributed by atoms with Crippen LogP contribution < -0.4 is 16.0 Å². The van der Waals surface area contributed by atoms with Crippen molar-refractivity contribution in [1.82, 2.24) is 14.9 Å². The molecular weight excluding hydrogens is 218 g/mol. The van der Waals surface area contributed by atoms with Gasteiger partial charge in [-0.2, -0.15) is 4.98 Å². The van der Waals surface area contributed by atoms with E-state index in [0.717, 1.165) is 25.3 Å². The van der Waals surface area contributed by atoms with Crippen molar-refractivity contribution in [1.29, 1.82) is 0 Å². The van der Waals surface area contributed by atoms with E-state index in [1.807, 2.05) is 6.92 Å². The summed E-state index contributed by atoms with van der Waals surface area (Å²) in [6, 6.07) is 1.79. The third-order valence-electron chi connectivity index (χ3n) is 2.51. The van der Waals surface area contributed by atoms with Gasteiger partial charge in [0.2, 0.25) is 11.8 Å². The Morgan fingerprint density at radius 1 is 1.35 bits per heavy atom. The molecule has 0 spiro atoms. The predicted molar refractivity (Wildman–Crippen MR) is 67.9 cm³/mol. The molecule has 0 amide bonds. The van der Waals surface area contributed by atoms with Crippen LogP contribution >= 0.6 is 0 Å². The van der Waals surface area contributed by atoms with Crippen LogP contribution in [0.25, 0.3) is 0 Å². The number of hydrogen-bond donors (Lipinski definition) is 2. The molecule has 6 heteroatoms. The fourth-order valence-electron chi connectivity index (χ4n) is 1.50. The van der Waals surface area contributed by atoms with Crippen LogP contribution in [0.1, 0.15) is 19.5 Å². The fourth-order valence-corrected chi connectivity index (χ4v) is 1.50. The van der Waals surface area contributed by atoms with Gasteiger partial charge in [0.1, 0.15) is 6.61 Å². The Hall–Kier alpha value is -1.40. The molecular formula is C11H21N5O. The van der Waals surface area contributed by atoms with E-state index in [1.165, 1.54) is 0 Å². The third kappa shape index (κ3) is 4.54. The minimum atomic E-state index is 0.378. The van der Waals surface area contributed by atoms with Gasteiger partial charge in [-0.15, -0.1) is 0 Å². The van der Waals surface area contributed by atoms with Crippen LogP contribution in [0.2, 0.25) is 0 Å². The smallest absolute Gasteiger partial charge is 0.240 e. The lowest BCUT2D eigenvalue weighted by molar-refractivity contribution is 0.218. The minimum absolute atomic E-state index is 0.378. The van der Waals surface area contributed by atoms with Crippen molar-refractivity contribution in [3.05, 3.63) is 11.8 Å². The molecule has 0 aromatic carbocycles. The van der Waals surface area contributed by atoms with Gasteiger partial charge in [0.15, 0.2) is 0 Å². The van der Waals surface area contributed by atoms with Crippen LogP contribution in [-0.4, -0.2) is 41.1 Å². The number of aromatic nitrogens is 2. The number of anilines is 1. The average Bonchev–Trinajstić information content (AvgIpc) is 2.34. The Bertz CT molecular complexity index is 341. The SMILES string of the molecule is CCN(CC)CCOc1cc(C)nc(NN)n1. The van der Waals surface area contributed by atoms with Gasteiger partial charge in [0.25, 0.3) is 0 Å². The van der Waals surface area contributed by atoms with Gasteiger partial charge in [-0.05, 0) is 20.0 Å². The highest BCUT2D eigenvalue weighted by Crippen LogP contribution is 2.10. The van der Waals surface area contributed by atoms with Gasteiger partial charge in [-0.1, -0.05) is 13.8 Å². The molecule has 96 valence electrons. The number of hydrogen-bond acceptors (Lipinski definition) is 6. The molecule has 0 aliphatic heterocycles. The summed E-state index contributed by atoms with van der Waals surface area (Å²) in [6.07, 6.45) is 0. The molecule has 0 bridgehead atoms. The van der Waals surface area contributed by atoms with Crippen molar-refractivity contribution in [3.8, 4) is 5.88 Å². The van der Waals surface area contributed by atoms with E-state index >= 15 is 0 Å². The fraction of sp³-hybridized carbons (Fsp3) is 0.636. The lowest BCUT2D eigenvalue weighted by Crippen LogP contribution is -2.28. The van der Waals surface area contributed by atoms with Crippen molar-refractivity contribution in [3.63, 3.8) is 0 Å². The highest BCUT2D eigenvalue weighted by atomic mass is 16.5. The quantitative estimate of drug-likeness (QED) is 0.541. The normalized spacial score (nSPS) is 10.6. The van der Waals surface area contributed by atoms with Crippen LogP contribution in [0.3, 0.4) is 0 Å². The van der Waals surface area contributed by atoms with Gasteiger partial charge in [0.05, 0.1) is 0 Å². The van der Waals surface area contributed by atoms with Crippen molar-refractivity contribution in [2.45, 2.75) is 20.8 Å². The van der Waals surface area contributed by atoms with Gasteiger partial charge < -0.3 is 9.64 Å². The third-order valence-corrected chi connectivity index (χ3v) is 2.51. The summed E-state index contributed by atoms with van der Waals surface area (Å²) in [5, 5.41) is 0. The van der Waals surface area contributed by atoms with Crippen molar-refractivity contribution >= 4 is 5.95 Å². The zero-order chi connectivity index (χ0) is 12.7.